The molecule has 1 fully saturated rings. The number of hydrogen-bond acceptors (Lipinski definition) is 5. The quantitative estimate of drug-likeness (QED) is 0.870. The first-order valence-electron chi connectivity index (χ1n) is 7.10. The maximum absolute atomic E-state index is 12.3. The highest BCUT2D eigenvalue weighted by Gasteiger charge is 2.36. The third kappa shape index (κ3) is 3.36. The van der Waals surface area contributed by atoms with E-state index >= 15 is 0 Å². The van der Waals surface area contributed by atoms with E-state index < -0.39 is 17.1 Å². The van der Waals surface area contributed by atoms with Crippen LogP contribution in [0, 0.1) is 6.92 Å². The lowest BCUT2D eigenvalue weighted by atomic mass is 10.1. The first kappa shape index (κ1) is 15.9. The van der Waals surface area contributed by atoms with Crippen molar-refractivity contribution in [1.82, 2.24) is 15.4 Å². The number of rotatable bonds is 3. The maximum atomic E-state index is 12.3. The summed E-state index contributed by atoms with van der Waals surface area (Å²) in [5, 5.41) is 0.195. The second-order valence-electron chi connectivity index (χ2n) is 5.10. The van der Waals surface area contributed by atoms with Crippen molar-refractivity contribution < 1.29 is 14.4 Å². The van der Waals surface area contributed by atoms with Gasteiger partial charge in [0.2, 0.25) is 0 Å². The molecule has 1 aromatic carbocycles. The number of thioether (sulfide) groups is 1. The molecule has 0 radical (unpaired) electrons. The van der Waals surface area contributed by atoms with Crippen LogP contribution in [0.1, 0.15) is 21.5 Å². The summed E-state index contributed by atoms with van der Waals surface area (Å²) in [7, 11) is 0. The molecule has 3 rings (SSSR count). The van der Waals surface area contributed by atoms with Crippen LogP contribution >= 0.6 is 11.8 Å². The van der Waals surface area contributed by atoms with E-state index in [4.69, 9.17) is 0 Å². The van der Waals surface area contributed by atoms with Gasteiger partial charge in [-0.25, -0.2) is 0 Å². The van der Waals surface area contributed by atoms with Crippen LogP contribution in [-0.4, -0.2) is 27.0 Å². The Bertz CT molecular complexity index is 832. The third-order valence-electron chi connectivity index (χ3n) is 3.32. The Hall–Kier alpha value is -2.93. The maximum Gasteiger partial charge on any atom is 0.312 e. The van der Waals surface area contributed by atoms with Crippen molar-refractivity contribution in [1.29, 1.82) is 0 Å². The Morgan fingerprint density at radius 3 is 2.46 bits per heavy atom. The molecule has 0 saturated carbocycles. The van der Waals surface area contributed by atoms with E-state index in [2.05, 4.69) is 10.4 Å². The van der Waals surface area contributed by atoms with E-state index in [1.54, 1.807) is 54.9 Å². The van der Waals surface area contributed by atoms with Crippen molar-refractivity contribution >= 4 is 34.9 Å². The van der Waals surface area contributed by atoms with E-state index in [1.165, 1.54) is 0 Å². The van der Waals surface area contributed by atoms with Crippen LogP contribution in [0.3, 0.4) is 0 Å². The molecule has 3 amide bonds. The number of aromatic nitrogens is 1. The zero-order valence-corrected chi connectivity index (χ0v) is 13.5. The predicted molar refractivity (Wildman–Crippen MR) is 90.7 cm³/mol. The Labute approximate surface area is 142 Å². The van der Waals surface area contributed by atoms with Crippen LogP contribution in [0.2, 0.25) is 0 Å². The monoisotopic (exact) mass is 339 g/mol. The molecular weight excluding hydrogens is 326 g/mol. The molecule has 0 spiro atoms. The topological polar surface area (TPSA) is 79.4 Å². The fourth-order valence-electron chi connectivity index (χ4n) is 2.05. The summed E-state index contributed by atoms with van der Waals surface area (Å²) in [6.45, 7) is 1.90. The van der Waals surface area contributed by atoms with Gasteiger partial charge in [-0.1, -0.05) is 17.7 Å². The van der Waals surface area contributed by atoms with Gasteiger partial charge in [-0.05, 0) is 54.6 Å². The molecule has 1 aliphatic heterocycles. The first-order valence-corrected chi connectivity index (χ1v) is 7.92. The van der Waals surface area contributed by atoms with Gasteiger partial charge in [-0.15, -0.1) is 0 Å². The second-order valence-corrected chi connectivity index (χ2v) is 6.10. The standard InChI is InChI=1S/C17H13N3O3S/c1-11-2-4-13(5-3-11)15(21)19-20-16(22)14(24-17(20)23)10-12-6-8-18-9-7-12/h2-10H,1H3,(H,19,21)/b14-10+. The average molecular weight is 339 g/mol. The van der Waals surface area contributed by atoms with Gasteiger partial charge in [0.1, 0.15) is 0 Å². The number of carbonyl (C=O) groups excluding carboxylic acids is 3. The number of pyridine rings is 1. The van der Waals surface area contributed by atoms with Crippen molar-refractivity contribution in [3.63, 3.8) is 0 Å². The van der Waals surface area contributed by atoms with Gasteiger partial charge in [0.25, 0.3) is 11.8 Å². The summed E-state index contributed by atoms with van der Waals surface area (Å²) in [6.07, 6.45) is 4.77. The zero-order valence-electron chi connectivity index (χ0n) is 12.7. The number of nitrogens with zero attached hydrogens (tertiary/aromatic N) is 2. The lowest BCUT2D eigenvalue weighted by molar-refractivity contribution is -0.124. The summed E-state index contributed by atoms with van der Waals surface area (Å²) < 4.78 is 0. The third-order valence-corrected chi connectivity index (χ3v) is 4.19. The van der Waals surface area contributed by atoms with Crippen LogP contribution in [0.25, 0.3) is 6.08 Å². The summed E-state index contributed by atoms with van der Waals surface area (Å²) in [6, 6.07) is 10.3. The molecule has 1 N–H and O–H groups in total. The first-order chi connectivity index (χ1) is 11.5. The largest absolute Gasteiger partial charge is 0.312 e. The van der Waals surface area contributed by atoms with E-state index in [0.717, 1.165) is 27.9 Å². The molecule has 0 unspecified atom stereocenters. The van der Waals surface area contributed by atoms with Gasteiger partial charge in [0.05, 0.1) is 4.91 Å². The van der Waals surface area contributed by atoms with Gasteiger partial charge in [0, 0.05) is 18.0 Å². The molecule has 120 valence electrons. The molecule has 7 heteroatoms. The number of aryl methyl sites for hydroxylation is 1. The molecule has 0 atom stereocenters. The highest BCUT2D eigenvalue weighted by Crippen LogP contribution is 2.30. The molecule has 1 aromatic heterocycles. The number of carbonyl (C=O) groups is 3. The molecular formula is C17H13N3O3S. The highest BCUT2D eigenvalue weighted by atomic mass is 32.2. The normalized spacial score (nSPS) is 15.9. The van der Waals surface area contributed by atoms with Gasteiger partial charge >= 0.3 is 5.24 Å². The van der Waals surface area contributed by atoms with Gasteiger partial charge < -0.3 is 0 Å². The Morgan fingerprint density at radius 1 is 1.12 bits per heavy atom. The van der Waals surface area contributed by atoms with Crippen LogP contribution in [-0.2, 0) is 4.79 Å². The molecule has 2 aromatic rings. The van der Waals surface area contributed by atoms with Crippen molar-refractivity contribution in [2.24, 2.45) is 0 Å². The Morgan fingerprint density at radius 2 is 1.79 bits per heavy atom. The van der Waals surface area contributed by atoms with Crippen LogP contribution in [0.4, 0.5) is 4.79 Å². The van der Waals surface area contributed by atoms with E-state index in [0.29, 0.717) is 5.56 Å². The van der Waals surface area contributed by atoms with E-state index in [1.807, 2.05) is 6.92 Å². The Balaban J connectivity index is 1.76. The number of benzene rings is 1. The summed E-state index contributed by atoms with van der Waals surface area (Å²) in [4.78, 5) is 40.6. The lowest BCUT2D eigenvalue weighted by Crippen LogP contribution is -2.44. The number of hydrogen-bond donors (Lipinski definition) is 1. The van der Waals surface area contributed by atoms with Crippen LogP contribution in [0.15, 0.2) is 53.7 Å². The average Bonchev–Trinajstić information content (AvgIpc) is 2.84. The van der Waals surface area contributed by atoms with Crippen LogP contribution < -0.4 is 5.43 Å². The molecule has 1 saturated heterocycles. The van der Waals surface area contributed by atoms with E-state index in [-0.39, 0.29) is 4.91 Å². The predicted octanol–water partition coefficient (Wildman–Crippen LogP) is 2.77. The highest BCUT2D eigenvalue weighted by molar-refractivity contribution is 8.18. The van der Waals surface area contributed by atoms with Crippen LogP contribution in [0.5, 0.6) is 0 Å². The SMILES string of the molecule is Cc1ccc(C(=O)NN2C(=O)S/C(=C/c3ccncc3)C2=O)cc1. The van der Waals surface area contributed by atoms with Crippen molar-refractivity contribution in [2.75, 3.05) is 0 Å². The molecule has 6 nitrogen and oxygen atoms in total. The summed E-state index contributed by atoms with van der Waals surface area (Å²) >= 11 is 0.780. The molecule has 24 heavy (non-hydrogen) atoms. The summed E-state index contributed by atoms with van der Waals surface area (Å²) in [5.74, 6) is -1.07. The van der Waals surface area contributed by atoms with Gasteiger partial charge in [0.15, 0.2) is 0 Å². The minimum absolute atomic E-state index is 0.246. The van der Waals surface area contributed by atoms with E-state index in [9.17, 15) is 14.4 Å². The minimum Gasteiger partial charge on any atom is -0.267 e. The van der Waals surface area contributed by atoms with Crippen molar-refractivity contribution in [2.45, 2.75) is 6.92 Å². The molecule has 0 aliphatic carbocycles. The zero-order chi connectivity index (χ0) is 17.1. The fourth-order valence-corrected chi connectivity index (χ4v) is 2.83. The molecule has 1 aliphatic rings. The van der Waals surface area contributed by atoms with Crippen molar-refractivity contribution in [3.05, 3.63) is 70.4 Å². The van der Waals surface area contributed by atoms with Crippen molar-refractivity contribution in [3.8, 4) is 0 Å². The fraction of sp³-hybridized carbons (Fsp3) is 0.0588. The number of imide groups is 1. The van der Waals surface area contributed by atoms with Gasteiger partial charge in [-0.3, -0.25) is 24.8 Å². The summed E-state index contributed by atoms with van der Waals surface area (Å²) in [5.41, 5.74) is 4.49. The second kappa shape index (κ2) is 6.67. The number of nitrogens with one attached hydrogen (secondary N) is 1. The smallest absolute Gasteiger partial charge is 0.267 e. The van der Waals surface area contributed by atoms with Gasteiger partial charge in [-0.2, -0.15) is 5.01 Å². The number of amides is 3. The Kier molecular flexibility index (Phi) is 4.43. The molecule has 2 heterocycles. The lowest BCUT2D eigenvalue weighted by Gasteiger charge is -2.13. The molecule has 0 bridgehead atoms. The number of hydrazine groups is 1. The minimum atomic E-state index is -0.553.